The first kappa shape index (κ1) is 12.4. The fraction of sp³-hybridized carbons (Fsp3) is 0.333. The quantitative estimate of drug-likeness (QED) is 0.762. The molecule has 0 saturated carbocycles. The normalized spacial score (nSPS) is 15.1. The second kappa shape index (κ2) is 5.05. The molecule has 0 aliphatic carbocycles. The van der Waals surface area contributed by atoms with E-state index in [1.807, 2.05) is 0 Å². The summed E-state index contributed by atoms with van der Waals surface area (Å²) >= 11 is 0. The first-order valence-electron chi connectivity index (χ1n) is 5.47. The van der Waals surface area contributed by atoms with Crippen LogP contribution < -0.4 is 15.4 Å². The third-order valence-corrected chi connectivity index (χ3v) is 2.70. The second-order valence-corrected chi connectivity index (χ2v) is 3.84. The fourth-order valence-electron chi connectivity index (χ4n) is 1.82. The van der Waals surface area contributed by atoms with E-state index in [2.05, 4.69) is 10.6 Å². The van der Waals surface area contributed by atoms with Gasteiger partial charge in [0.05, 0.1) is 12.8 Å². The molecule has 0 aromatic heterocycles. The fourth-order valence-corrected chi connectivity index (χ4v) is 1.82. The van der Waals surface area contributed by atoms with E-state index in [-0.39, 0.29) is 18.5 Å². The zero-order valence-electron chi connectivity index (χ0n) is 10.1. The lowest BCUT2D eigenvalue weighted by atomic mass is 10.1. The number of hydrogen-bond donors (Lipinski definition) is 2. The highest BCUT2D eigenvalue weighted by molar-refractivity contribution is 5.95. The zero-order valence-corrected chi connectivity index (χ0v) is 10.1. The Labute approximate surface area is 104 Å². The lowest BCUT2D eigenvalue weighted by Gasteiger charge is -2.20. The van der Waals surface area contributed by atoms with Crippen LogP contribution in [-0.2, 0) is 14.3 Å². The summed E-state index contributed by atoms with van der Waals surface area (Å²) in [6.07, 6.45) is 0. The molecule has 2 rings (SSSR count). The lowest BCUT2D eigenvalue weighted by molar-refractivity contribution is -0.143. The summed E-state index contributed by atoms with van der Waals surface area (Å²) in [5.41, 5.74) is 1.27. The molecular formula is C12H14N2O4. The average molecular weight is 250 g/mol. The third kappa shape index (κ3) is 2.28. The number of benzene rings is 1. The number of carbonyl (C=O) groups excluding carboxylic acids is 2. The molecule has 1 aromatic carbocycles. The number of anilines is 1. The van der Waals surface area contributed by atoms with Crippen LogP contribution in [0.4, 0.5) is 5.69 Å². The molecular weight excluding hydrogens is 236 g/mol. The number of likely N-dealkylation sites (N-methyl/N-ethyl adjacent to an activating group) is 1. The number of methoxy groups -OCH3 is 1. The molecule has 1 heterocycles. The molecule has 1 atom stereocenters. The third-order valence-electron chi connectivity index (χ3n) is 2.70. The van der Waals surface area contributed by atoms with Crippen molar-refractivity contribution < 1.29 is 19.1 Å². The molecule has 0 fully saturated rings. The maximum Gasteiger partial charge on any atom is 0.327 e. The molecule has 6 nitrogen and oxygen atoms in total. The predicted molar refractivity (Wildman–Crippen MR) is 64.4 cm³/mol. The Morgan fingerprint density at radius 2 is 2.33 bits per heavy atom. The van der Waals surface area contributed by atoms with Gasteiger partial charge in [0.2, 0.25) is 0 Å². The van der Waals surface area contributed by atoms with E-state index in [0.717, 1.165) is 0 Å². The molecule has 96 valence electrons. The van der Waals surface area contributed by atoms with Gasteiger partial charge < -0.3 is 20.1 Å². The van der Waals surface area contributed by atoms with Gasteiger partial charge in [0, 0.05) is 0 Å². The minimum atomic E-state index is -0.570. The van der Waals surface area contributed by atoms with E-state index in [1.54, 1.807) is 25.2 Å². The van der Waals surface area contributed by atoms with Gasteiger partial charge in [-0.1, -0.05) is 6.07 Å². The van der Waals surface area contributed by atoms with E-state index in [1.165, 1.54) is 7.11 Å². The van der Waals surface area contributed by atoms with Crippen molar-refractivity contribution in [3.05, 3.63) is 23.8 Å². The molecule has 0 spiro atoms. The Morgan fingerprint density at radius 1 is 1.56 bits per heavy atom. The topological polar surface area (TPSA) is 76.7 Å². The van der Waals surface area contributed by atoms with Crippen LogP contribution in [0.5, 0.6) is 5.75 Å². The van der Waals surface area contributed by atoms with Crippen molar-refractivity contribution in [3.8, 4) is 5.75 Å². The number of ether oxygens (including phenoxy) is 2. The van der Waals surface area contributed by atoms with Crippen molar-refractivity contribution in [1.29, 1.82) is 0 Å². The van der Waals surface area contributed by atoms with E-state index < -0.39 is 6.04 Å². The van der Waals surface area contributed by atoms with Gasteiger partial charge in [-0.2, -0.15) is 0 Å². The molecule has 2 N–H and O–H groups in total. The van der Waals surface area contributed by atoms with Crippen LogP contribution in [0.25, 0.3) is 0 Å². The van der Waals surface area contributed by atoms with Crippen LogP contribution in [0, 0.1) is 0 Å². The summed E-state index contributed by atoms with van der Waals surface area (Å²) in [7, 11) is 2.99. The summed E-state index contributed by atoms with van der Waals surface area (Å²) in [5, 5.41) is 5.55. The predicted octanol–water partition coefficient (Wildman–Crippen LogP) is 0.451. The van der Waals surface area contributed by atoms with Crippen molar-refractivity contribution in [1.82, 2.24) is 5.32 Å². The number of amides is 1. The average Bonchev–Trinajstić information content (AvgIpc) is 2.38. The van der Waals surface area contributed by atoms with Gasteiger partial charge in [-0.25, -0.2) is 4.79 Å². The molecule has 0 radical (unpaired) electrons. The summed E-state index contributed by atoms with van der Waals surface area (Å²) in [5.74, 6) is -0.00250. The van der Waals surface area contributed by atoms with Crippen LogP contribution >= 0.6 is 0 Å². The number of rotatable bonds is 3. The molecule has 0 saturated heterocycles. The minimum absolute atomic E-state index is 0.0127. The van der Waals surface area contributed by atoms with Crippen molar-refractivity contribution in [3.63, 3.8) is 0 Å². The smallest absolute Gasteiger partial charge is 0.327 e. The number of nitrogens with one attached hydrogen (secondary N) is 2. The van der Waals surface area contributed by atoms with Gasteiger partial charge in [-0.15, -0.1) is 0 Å². The maximum atomic E-state index is 11.6. The van der Waals surface area contributed by atoms with Gasteiger partial charge in [-0.05, 0) is 24.7 Å². The van der Waals surface area contributed by atoms with Crippen LogP contribution in [0.1, 0.15) is 11.6 Å². The highest BCUT2D eigenvalue weighted by atomic mass is 16.5. The van der Waals surface area contributed by atoms with Crippen molar-refractivity contribution >= 4 is 17.6 Å². The zero-order chi connectivity index (χ0) is 13.1. The molecule has 1 unspecified atom stereocenters. The molecule has 1 aliphatic rings. The Bertz CT molecular complexity index is 487. The molecule has 1 amide bonds. The maximum absolute atomic E-state index is 11.6. The van der Waals surface area contributed by atoms with Gasteiger partial charge in [0.1, 0.15) is 11.8 Å². The second-order valence-electron chi connectivity index (χ2n) is 3.84. The van der Waals surface area contributed by atoms with E-state index >= 15 is 0 Å². The van der Waals surface area contributed by atoms with Gasteiger partial charge in [0.15, 0.2) is 6.61 Å². The van der Waals surface area contributed by atoms with Gasteiger partial charge in [-0.3, -0.25) is 4.79 Å². The van der Waals surface area contributed by atoms with Gasteiger partial charge >= 0.3 is 5.97 Å². The Hall–Kier alpha value is -2.08. The number of esters is 1. The van der Waals surface area contributed by atoms with Crippen LogP contribution in [0.15, 0.2) is 18.2 Å². The van der Waals surface area contributed by atoms with Crippen LogP contribution in [-0.4, -0.2) is 32.6 Å². The number of fused-ring (bicyclic) bond motifs is 1. The highest BCUT2D eigenvalue weighted by Gasteiger charge is 2.22. The highest BCUT2D eigenvalue weighted by Crippen LogP contribution is 2.30. The van der Waals surface area contributed by atoms with E-state index in [0.29, 0.717) is 17.0 Å². The van der Waals surface area contributed by atoms with E-state index in [9.17, 15) is 9.59 Å². The number of carbonyl (C=O) groups is 2. The molecule has 0 bridgehead atoms. The van der Waals surface area contributed by atoms with Crippen LogP contribution in [0.3, 0.4) is 0 Å². The molecule has 18 heavy (non-hydrogen) atoms. The van der Waals surface area contributed by atoms with E-state index in [4.69, 9.17) is 9.47 Å². The summed E-state index contributed by atoms with van der Waals surface area (Å²) in [4.78, 5) is 22.8. The Morgan fingerprint density at radius 3 is 3.00 bits per heavy atom. The first-order chi connectivity index (χ1) is 8.65. The minimum Gasteiger partial charge on any atom is -0.482 e. The summed E-state index contributed by atoms with van der Waals surface area (Å²) in [6.45, 7) is 0.0127. The summed E-state index contributed by atoms with van der Waals surface area (Å²) in [6, 6.07) is 4.61. The van der Waals surface area contributed by atoms with Crippen molar-refractivity contribution in [2.24, 2.45) is 0 Å². The molecule has 1 aliphatic heterocycles. The Kier molecular flexibility index (Phi) is 3.47. The Balaban J connectivity index is 2.32. The summed E-state index contributed by atoms with van der Waals surface area (Å²) < 4.78 is 9.95. The van der Waals surface area contributed by atoms with Gasteiger partial charge in [0.25, 0.3) is 5.91 Å². The number of hydrogen-bond acceptors (Lipinski definition) is 5. The van der Waals surface area contributed by atoms with Crippen molar-refractivity contribution in [2.75, 3.05) is 26.1 Å². The lowest BCUT2D eigenvalue weighted by Crippen LogP contribution is -2.28. The first-order valence-corrected chi connectivity index (χ1v) is 5.47. The molecule has 6 heteroatoms. The largest absolute Gasteiger partial charge is 0.482 e. The monoisotopic (exact) mass is 250 g/mol. The molecule has 1 aromatic rings. The van der Waals surface area contributed by atoms with Crippen LogP contribution in [0.2, 0.25) is 0 Å². The van der Waals surface area contributed by atoms with Crippen molar-refractivity contribution in [2.45, 2.75) is 6.04 Å². The standard InChI is InChI=1S/C12H14N2O4/c1-13-11(12(16)17-2)7-3-4-9-8(5-7)14-10(15)6-18-9/h3-5,11,13H,6H2,1-2H3,(H,14,15). The SMILES string of the molecule is CNC(C(=O)OC)c1ccc2c(c1)NC(=O)CO2.